The number of rotatable bonds is 3. The quantitative estimate of drug-likeness (QED) is 0.610. The summed E-state index contributed by atoms with van der Waals surface area (Å²) in [6, 6.07) is 0. The Morgan fingerprint density at radius 1 is 1.30 bits per heavy atom. The van der Waals surface area contributed by atoms with Crippen molar-refractivity contribution in [2.45, 2.75) is 59.8 Å². The highest BCUT2D eigenvalue weighted by Gasteiger charge is 2.50. The highest BCUT2D eigenvalue weighted by Crippen LogP contribution is 2.59. The fraction of sp³-hybridized carbons (Fsp3) is 0.867. The summed E-state index contributed by atoms with van der Waals surface area (Å²) in [5.41, 5.74) is 2.71. The van der Waals surface area contributed by atoms with Crippen molar-refractivity contribution < 1.29 is 18.9 Å². The number of hydrogen-bond donors (Lipinski definition) is 2. The van der Waals surface area contributed by atoms with E-state index in [1.54, 1.807) is 0 Å². The largest absolute Gasteiger partial charge is 0.469 e. The summed E-state index contributed by atoms with van der Waals surface area (Å²) < 4.78 is 15.9. The molecule has 0 saturated heterocycles. The molecule has 1 saturated carbocycles. The Morgan fingerprint density at radius 2 is 1.95 bits per heavy atom. The minimum absolute atomic E-state index is 0.0270. The third-order valence-electron chi connectivity index (χ3n) is 5.62. The predicted octanol–water partition coefficient (Wildman–Crippen LogP) is 4.04. The second-order valence-corrected chi connectivity index (χ2v) is 8.61. The number of phosphoric acid groups is 1. The molecule has 2 aliphatic carbocycles. The fourth-order valence-electron chi connectivity index (χ4n) is 4.63. The van der Waals surface area contributed by atoms with Crippen LogP contribution >= 0.6 is 7.82 Å². The van der Waals surface area contributed by atoms with Gasteiger partial charge >= 0.3 is 7.82 Å². The SMILES string of the molecule is CC1=C(COP(=O)(O)O)[C@@]2(C)CCCC(C)(C)[C@@H]2CC1. The first kappa shape index (κ1) is 16.2. The number of hydrogen-bond acceptors (Lipinski definition) is 2. The average Bonchev–Trinajstić information content (AvgIpc) is 2.24. The Labute approximate surface area is 121 Å². The van der Waals surface area contributed by atoms with Gasteiger partial charge < -0.3 is 9.79 Å². The van der Waals surface area contributed by atoms with Crippen molar-refractivity contribution in [2.75, 3.05) is 6.61 Å². The molecule has 0 amide bonds. The van der Waals surface area contributed by atoms with E-state index in [9.17, 15) is 4.57 Å². The van der Waals surface area contributed by atoms with Crippen LogP contribution in [0.1, 0.15) is 59.8 Å². The van der Waals surface area contributed by atoms with Gasteiger partial charge in [0.15, 0.2) is 0 Å². The van der Waals surface area contributed by atoms with Crippen molar-refractivity contribution >= 4 is 7.82 Å². The molecule has 1 fully saturated rings. The lowest BCUT2D eigenvalue weighted by molar-refractivity contribution is 0.00581. The van der Waals surface area contributed by atoms with E-state index in [1.165, 1.54) is 24.8 Å². The van der Waals surface area contributed by atoms with E-state index >= 15 is 0 Å². The second kappa shape index (κ2) is 5.24. The molecular weight excluding hydrogens is 275 g/mol. The average molecular weight is 302 g/mol. The molecule has 4 nitrogen and oxygen atoms in total. The van der Waals surface area contributed by atoms with E-state index in [-0.39, 0.29) is 12.0 Å². The van der Waals surface area contributed by atoms with Gasteiger partial charge in [0.2, 0.25) is 0 Å². The Bertz CT molecular complexity index is 462. The zero-order valence-corrected chi connectivity index (χ0v) is 13.9. The van der Waals surface area contributed by atoms with Crippen LogP contribution in [0.2, 0.25) is 0 Å². The molecule has 2 N–H and O–H groups in total. The summed E-state index contributed by atoms with van der Waals surface area (Å²) in [7, 11) is -4.40. The highest BCUT2D eigenvalue weighted by atomic mass is 31.2. The van der Waals surface area contributed by atoms with Crippen LogP contribution in [-0.2, 0) is 9.09 Å². The Hall–Kier alpha value is -0.150. The van der Waals surface area contributed by atoms with E-state index in [0.717, 1.165) is 18.4 Å². The van der Waals surface area contributed by atoms with Gasteiger partial charge in [0, 0.05) is 0 Å². The van der Waals surface area contributed by atoms with Crippen LogP contribution in [0.4, 0.5) is 0 Å². The Morgan fingerprint density at radius 3 is 2.55 bits per heavy atom. The Kier molecular flexibility index (Phi) is 4.25. The van der Waals surface area contributed by atoms with Crippen LogP contribution in [0, 0.1) is 16.7 Å². The molecule has 0 aliphatic heterocycles. The first-order valence-corrected chi connectivity index (χ1v) is 8.98. The van der Waals surface area contributed by atoms with Crippen LogP contribution in [0.5, 0.6) is 0 Å². The molecule has 0 radical (unpaired) electrons. The molecule has 0 aromatic heterocycles. The summed E-state index contributed by atoms with van der Waals surface area (Å²) in [4.78, 5) is 18.0. The number of fused-ring (bicyclic) bond motifs is 1. The molecule has 0 heterocycles. The molecule has 2 rings (SSSR count). The molecule has 0 spiro atoms. The lowest BCUT2D eigenvalue weighted by atomic mass is 9.50. The molecule has 116 valence electrons. The summed E-state index contributed by atoms with van der Waals surface area (Å²) in [5.74, 6) is 0.572. The third-order valence-corrected chi connectivity index (χ3v) is 6.08. The number of phosphoric ester groups is 1. The van der Waals surface area contributed by atoms with Gasteiger partial charge in [-0.1, -0.05) is 32.8 Å². The maximum atomic E-state index is 11.0. The van der Waals surface area contributed by atoms with Crippen molar-refractivity contribution in [3.63, 3.8) is 0 Å². The molecule has 0 unspecified atom stereocenters. The van der Waals surface area contributed by atoms with E-state index in [4.69, 9.17) is 14.3 Å². The lowest BCUT2D eigenvalue weighted by Crippen LogP contribution is -2.46. The Balaban J connectivity index is 2.31. The molecule has 2 aliphatic rings. The zero-order valence-electron chi connectivity index (χ0n) is 13.0. The van der Waals surface area contributed by atoms with Gasteiger partial charge in [0.05, 0.1) is 6.61 Å². The normalized spacial score (nSPS) is 34.0. The van der Waals surface area contributed by atoms with Crippen LogP contribution in [0.25, 0.3) is 0 Å². The molecule has 2 atom stereocenters. The molecule has 0 aromatic carbocycles. The standard InChI is InChI=1S/C15H27O4P/c1-11-6-7-13-14(2,3)8-5-9-15(13,4)12(11)10-19-20(16,17)18/h13H,5-10H2,1-4H3,(H2,16,17,18)/t13-,15+/m0/s1. The maximum absolute atomic E-state index is 11.0. The van der Waals surface area contributed by atoms with Gasteiger partial charge in [-0.25, -0.2) is 4.57 Å². The molecular formula is C15H27O4P. The first-order chi connectivity index (χ1) is 9.06. The summed E-state index contributed by atoms with van der Waals surface area (Å²) in [6.07, 6.45) is 5.70. The number of allylic oxidation sites excluding steroid dienone is 1. The fourth-order valence-corrected chi connectivity index (χ4v) is 4.93. The zero-order chi connectivity index (χ0) is 15.2. The van der Waals surface area contributed by atoms with Gasteiger partial charge in [0.1, 0.15) is 0 Å². The monoisotopic (exact) mass is 302 g/mol. The summed E-state index contributed by atoms with van der Waals surface area (Å²) in [6.45, 7) is 9.08. The molecule has 0 bridgehead atoms. The van der Waals surface area contributed by atoms with Crippen molar-refractivity contribution in [2.24, 2.45) is 16.7 Å². The summed E-state index contributed by atoms with van der Waals surface area (Å²) >= 11 is 0. The van der Waals surface area contributed by atoms with E-state index < -0.39 is 7.82 Å². The molecule has 5 heteroatoms. The smallest absolute Gasteiger partial charge is 0.303 e. The van der Waals surface area contributed by atoms with Gasteiger partial charge in [-0.05, 0) is 54.9 Å². The first-order valence-electron chi connectivity index (χ1n) is 7.45. The molecule has 20 heavy (non-hydrogen) atoms. The van der Waals surface area contributed by atoms with Crippen molar-refractivity contribution in [1.29, 1.82) is 0 Å². The summed E-state index contributed by atoms with van der Waals surface area (Å²) in [5, 5.41) is 0. The van der Waals surface area contributed by atoms with E-state index in [1.807, 2.05) is 0 Å². The minimum atomic E-state index is -4.40. The highest BCUT2D eigenvalue weighted by molar-refractivity contribution is 7.46. The van der Waals surface area contributed by atoms with Crippen molar-refractivity contribution in [1.82, 2.24) is 0 Å². The van der Waals surface area contributed by atoms with Crippen molar-refractivity contribution in [3.8, 4) is 0 Å². The van der Waals surface area contributed by atoms with Crippen molar-refractivity contribution in [3.05, 3.63) is 11.1 Å². The van der Waals surface area contributed by atoms with Crippen LogP contribution in [0.15, 0.2) is 11.1 Å². The van der Waals surface area contributed by atoms with Gasteiger partial charge in [-0.3, -0.25) is 4.52 Å². The van der Waals surface area contributed by atoms with Gasteiger partial charge in [0.25, 0.3) is 0 Å². The maximum Gasteiger partial charge on any atom is 0.469 e. The topological polar surface area (TPSA) is 66.8 Å². The third kappa shape index (κ3) is 3.04. The van der Waals surface area contributed by atoms with Gasteiger partial charge in [-0.2, -0.15) is 0 Å². The van der Waals surface area contributed by atoms with Gasteiger partial charge in [-0.15, -0.1) is 0 Å². The van der Waals surface area contributed by atoms with Crippen LogP contribution < -0.4 is 0 Å². The van der Waals surface area contributed by atoms with Crippen LogP contribution in [0.3, 0.4) is 0 Å². The lowest BCUT2D eigenvalue weighted by Gasteiger charge is -2.55. The van der Waals surface area contributed by atoms with E-state index in [2.05, 4.69) is 27.7 Å². The predicted molar refractivity (Wildman–Crippen MR) is 79.2 cm³/mol. The molecule has 0 aromatic rings. The van der Waals surface area contributed by atoms with E-state index in [0.29, 0.717) is 11.3 Å². The minimum Gasteiger partial charge on any atom is -0.303 e. The van der Waals surface area contributed by atoms with Crippen LogP contribution in [-0.4, -0.2) is 16.4 Å². The second-order valence-electron chi connectivity index (χ2n) is 7.37.